The number of carbonyl (C=O) groups excluding carboxylic acids is 1. The van der Waals surface area contributed by atoms with Crippen LogP contribution in [0.5, 0.6) is 0 Å². The van der Waals surface area contributed by atoms with Gasteiger partial charge in [0.25, 0.3) is 0 Å². The van der Waals surface area contributed by atoms with Gasteiger partial charge in [-0.15, -0.1) is 11.3 Å². The average molecular weight is 322 g/mol. The van der Waals surface area contributed by atoms with E-state index >= 15 is 0 Å². The summed E-state index contributed by atoms with van der Waals surface area (Å²) in [5, 5.41) is 4.13. The zero-order valence-electron chi connectivity index (χ0n) is 13.0. The number of ketones is 1. The van der Waals surface area contributed by atoms with E-state index in [0.29, 0.717) is 5.56 Å². The minimum absolute atomic E-state index is 0.0114. The van der Waals surface area contributed by atoms with E-state index in [1.54, 1.807) is 34.5 Å². The molecule has 2 aromatic heterocycles. The second kappa shape index (κ2) is 7.20. The van der Waals surface area contributed by atoms with E-state index in [1.165, 1.54) is 10.4 Å². The Morgan fingerprint density at radius 2 is 2.04 bits per heavy atom. The van der Waals surface area contributed by atoms with Gasteiger partial charge in [0, 0.05) is 28.9 Å². The van der Waals surface area contributed by atoms with Crippen LogP contribution < -0.4 is 0 Å². The van der Waals surface area contributed by atoms with Crippen molar-refractivity contribution >= 4 is 23.2 Å². The first-order valence-corrected chi connectivity index (χ1v) is 8.44. The molecular formula is C19H18N2OS. The van der Waals surface area contributed by atoms with Crippen molar-refractivity contribution in [3.63, 3.8) is 0 Å². The van der Waals surface area contributed by atoms with Crippen LogP contribution in [0, 0.1) is 0 Å². The van der Waals surface area contributed by atoms with E-state index in [2.05, 4.69) is 41.5 Å². The van der Waals surface area contributed by atoms with Crippen LogP contribution in [-0.4, -0.2) is 15.6 Å². The summed E-state index contributed by atoms with van der Waals surface area (Å²) in [6.07, 6.45) is 7.82. The van der Waals surface area contributed by atoms with Gasteiger partial charge in [0.1, 0.15) is 0 Å². The second-order valence-electron chi connectivity index (χ2n) is 5.25. The minimum atomic E-state index is -0.0114. The summed E-state index contributed by atoms with van der Waals surface area (Å²) in [7, 11) is 0. The van der Waals surface area contributed by atoms with Gasteiger partial charge < -0.3 is 0 Å². The first-order valence-electron chi connectivity index (χ1n) is 7.62. The molecule has 23 heavy (non-hydrogen) atoms. The highest BCUT2D eigenvalue weighted by Gasteiger charge is 2.05. The highest BCUT2D eigenvalue weighted by Crippen LogP contribution is 2.21. The lowest BCUT2D eigenvalue weighted by Gasteiger charge is -1.96. The first kappa shape index (κ1) is 15.4. The number of thiophene rings is 1. The molecule has 4 heteroatoms. The number of aryl methyl sites for hydroxylation is 1. The van der Waals surface area contributed by atoms with Crippen molar-refractivity contribution in [1.82, 2.24) is 9.78 Å². The highest BCUT2D eigenvalue weighted by atomic mass is 32.1. The maximum Gasteiger partial charge on any atom is 0.189 e. The molecule has 0 saturated heterocycles. The molecule has 0 fully saturated rings. The summed E-state index contributed by atoms with van der Waals surface area (Å²) in [5.74, 6) is -0.0114. The molecule has 0 saturated carbocycles. The average Bonchev–Trinajstić information content (AvgIpc) is 3.23. The van der Waals surface area contributed by atoms with Crippen molar-refractivity contribution in [2.24, 2.45) is 0 Å². The molecule has 3 rings (SSSR count). The SMILES string of the molecule is CCn1cc(C(=O)/C=C/c2ccc(Cc3ccccc3)s2)cn1. The number of nitrogens with zero attached hydrogens (tertiary/aromatic N) is 2. The van der Waals surface area contributed by atoms with Crippen LogP contribution in [0.1, 0.15) is 32.6 Å². The van der Waals surface area contributed by atoms with Gasteiger partial charge in [-0.1, -0.05) is 30.3 Å². The molecule has 116 valence electrons. The largest absolute Gasteiger partial charge is 0.289 e. The molecule has 3 nitrogen and oxygen atoms in total. The van der Waals surface area contributed by atoms with Crippen molar-refractivity contribution in [3.05, 3.63) is 81.8 Å². The van der Waals surface area contributed by atoms with Gasteiger partial charge in [0.05, 0.1) is 11.8 Å². The van der Waals surface area contributed by atoms with Crippen molar-refractivity contribution in [3.8, 4) is 0 Å². The molecule has 0 atom stereocenters. The number of rotatable bonds is 6. The fraction of sp³-hybridized carbons (Fsp3) is 0.158. The van der Waals surface area contributed by atoms with E-state index in [1.807, 2.05) is 19.1 Å². The molecule has 0 aliphatic carbocycles. The van der Waals surface area contributed by atoms with Crippen LogP contribution in [-0.2, 0) is 13.0 Å². The molecule has 0 unspecified atom stereocenters. The number of hydrogen-bond acceptors (Lipinski definition) is 3. The van der Waals surface area contributed by atoms with Crippen molar-refractivity contribution < 1.29 is 4.79 Å². The Hall–Kier alpha value is -2.46. The number of benzene rings is 1. The third-order valence-electron chi connectivity index (χ3n) is 3.54. The van der Waals surface area contributed by atoms with E-state index < -0.39 is 0 Å². The number of aromatic nitrogens is 2. The Bertz CT molecular complexity index is 815. The molecule has 0 aliphatic heterocycles. The summed E-state index contributed by atoms with van der Waals surface area (Å²) in [6, 6.07) is 14.6. The predicted octanol–water partition coefficient (Wildman–Crippen LogP) is 4.45. The van der Waals surface area contributed by atoms with Crippen molar-refractivity contribution in [2.75, 3.05) is 0 Å². The topological polar surface area (TPSA) is 34.9 Å². The van der Waals surface area contributed by atoms with E-state index in [4.69, 9.17) is 0 Å². The van der Waals surface area contributed by atoms with Crippen LogP contribution in [0.2, 0.25) is 0 Å². The molecule has 0 spiro atoms. The van der Waals surface area contributed by atoms with Crippen LogP contribution in [0.3, 0.4) is 0 Å². The van der Waals surface area contributed by atoms with Crippen molar-refractivity contribution in [2.45, 2.75) is 19.9 Å². The number of hydrogen-bond donors (Lipinski definition) is 0. The summed E-state index contributed by atoms with van der Waals surface area (Å²) in [4.78, 5) is 14.5. The molecule has 0 bridgehead atoms. The van der Waals surface area contributed by atoms with Crippen LogP contribution in [0.15, 0.2) is 60.9 Å². The summed E-state index contributed by atoms with van der Waals surface area (Å²) in [6.45, 7) is 2.77. The second-order valence-corrected chi connectivity index (χ2v) is 6.45. The normalized spacial score (nSPS) is 11.2. The van der Waals surface area contributed by atoms with E-state index in [0.717, 1.165) is 17.8 Å². The van der Waals surface area contributed by atoms with Crippen LogP contribution >= 0.6 is 11.3 Å². The predicted molar refractivity (Wildman–Crippen MR) is 94.8 cm³/mol. The molecule has 0 aliphatic rings. The standard InChI is InChI=1S/C19H18N2OS/c1-2-21-14-16(13-20-21)19(22)11-10-17-8-9-18(23-17)12-15-6-4-3-5-7-15/h3-11,13-14H,2,12H2,1H3/b11-10+. The molecule has 2 heterocycles. The monoisotopic (exact) mass is 322 g/mol. The fourth-order valence-corrected chi connectivity index (χ4v) is 3.24. The van der Waals surface area contributed by atoms with E-state index in [-0.39, 0.29) is 5.78 Å². The number of allylic oxidation sites excluding steroid dienone is 1. The molecule has 1 aromatic carbocycles. The molecule has 0 radical (unpaired) electrons. The Morgan fingerprint density at radius 3 is 2.78 bits per heavy atom. The Kier molecular flexibility index (Phi) is 4.83. The van der Waals surface area contributed by atoms with E-state index in [9.17, 15) is 4.79 Å². The Labute approximate surface area is 139 Å². The third-order valence-corrected chi connectivity index (χ3v) is 4.59. The quantitative estimate of drug-likeness (QED) is 0.496. The van der Waals surface area contributed by atoms with Gasteiger partial charge in [-0.3, -0.25) is 9.48 Å². The number of carbonyl (C=O) groups is 1. The molecule has 0 N–H and O–H groups in total. The smallest absolute Gasteiger partial charge is 0.189 e. The maximum absolute atomic E-state index is 12.1. The first-order chi connectivity index (χ1) is 11.2. The van der Waals surface area contributed by atoms with Gasteiger partial charge in [-0.05, 0) is 36.8 Å². The Balaban J connectivity index is 1.65. The van der Waals surface area contributed by atoms with Gasteiger partial charge in [-0.2, -0.15) is 5.10 Å². The molecular weight excluding hydrogens is 304 g/mol. The lowest BCUT2D eigenvalue weighted by molar-refractivity contribution is 0.104. The zero-order valence-corrected chi connectivity index (χ0v) is 13.8. The summed E-state index contributed by atoms with van der Waals surface area (Å²) < 4.78 is 1.75. The lowest BCUT2D eigenvalue weighted by atomic mass is 10.1. The third kappa shape index (κ3) is 4.05. The highest BCUT2D eigenvalue weighted by molar-refractivity contribution is 7.12. The summed E-state index contributed by atoms with van der Waals surface area (Å²) >= 11 is 1.71. The van der Waals surface area contributed by atoms with Gasteiger partial charge in [0.15, 0.2) is 5.78 Å². The van der Waals surface area contributed by atoms with Crippen molar-refractivity contribution in [1.29, 1.82) is 0 Å². The van der Waals surface area contributed by atoms with Gasteiger partial charge in [-0.25, -0.2) is 0 Å². The van der Waals surface area contributed by atoms with Crippen LogP contribution in [0.25, 0.3) is 6.08 Å². The minimum Gasteiger partial charge on any atom is -0.289 e. The van der Waals surface area contributed by atoms with Crippen LogP contribution in [0.4, 0.5) is 0 Å². The fourth-order valence-electron chi connectivity index (χ4n) is 2.29. The molecule has 0 amide bonds. The Morgan fingerprint density at radius 1 is 1.22 bits per heavy atom. The van der Waals surface area contributed by atoms with Gasteiger partial charge >= 0.3 is 0 Å². The lowest BCUT2D eigenvalue weighted by Crippen LogP contribution is -1.94. The summed E-state index contributed by atoms with van der Waals surface area (Å²) in [5.41, 5.74) is 1.93. The zero-order chi connectivity index (χ0) is 16.1. The van der Waals surface area contributed by atoms with Gasteiger partial charge in [0.2, 0.25) is 0 Å². The molecule has 3 aromatic rings. The maximum atomic E-state index is 12.1.